The summed E-state index contributed by atoms with van der Waals surface area (Å²) >= 11 is 0. The van der Waals surface area contributed by atoms with Crippen molar-refractivity contribution in [2.45, 2.75) is 45.6 Å². The Kier molecular flexibility index (Phi) is 5.35. The lowest BCUT2D eigenvalue weighted by Gasteiger charge is -2.26. The maximum Gasteiger partial charge on any atom is 0.237 e. The Morgan fingerprint density at radius 3 is 2.61 bits per heavy atom. The van der Waals surface area contributed by atoms with Gasteiger partial charge < -0.3 is 11.1 Å². The third-order valence-corrected chi connectivity index (χ3v) is 3.65. The van der Waals surface area contributed by atoms with Gasteiger partial charge in [-0.15, -0.1) is 0 Å². The summed E-state index contributed by atoms with van der Waals surface area (Å²) in [5.41, 5.74) is 7.52. The van der Waals surface area contributed by atoms with Crippen LogP contribution >= 0.6 is 0 Å². The van der Waals surface area contributed by atoms with Crippen molar-refractivity contribution in [2.75, 3.05) is 6.54 Å². The Labute approximate surface area is 110 Å². The summed E-state index contributed by atoms with van der Waals surface area (Å²) in [5.74, 6) is -0.277. The van der Waals surface area contributed by atoms with Gasteiger partial charge in [0.25, 0.3) is 0 Å². The van der Waals surface area contributed by atoms with E-state index >= 15 is 0 Å². The summed E-state index contributed by atoms with van der Waals surface area (Å²) in [4.78, 5) is 11.3. The van der Waals surface area contributed by atoms with Gasteiger partial charge in [-0.2, -0.15) is 0 Å². The molecule has 100 valence electrons. The Morgan fingerprint density at radius 2 is 2.06 bits per heavy atom. The predicted molar refractivity (Wildman–Crippen MR) is 75.4 cm³/mol. The van der Waals surface area contributed by atoms with E-state index in [1.807, 2.05) is 13.8 Å². The number of nitrogens with two attached hydrogens (primary N) is 1. The number of hydrogen-bond donors (Lipinski definition) is 2. The molecule has 1 amide bonds. The van der Waals surface area contributed by atoms with E-state index in [2.05, 4.69) is 36.5 Å². The fraction of sp³-hybridized carbons (Fsp3) is 0.533. The maximum absolute atomic E-state index is 11.3. The number of carbonyl (C=O) groups is 1. The van der Waals surface area contributed by atoms with Gasteiger partial charge in [-0.05, 0) is 50.8 Å². The van der Waals surface area contributed by atoms with Gasteiger partial charge in [0.2, 0.25) is 5.91 Å². The summed E-state index contributed by atoms with van der Waals surface area (Å²) < 4.78 is 0. The second-order valence-electron chi connectivity index (χ2n) is 5.01. The topological polar surface area (TPSA) is 55.1 Å². The van der Waals surface area contributed by atoms with Gasteiger partial charge in [0.15, 0.2) is 0 Å². The van der Waals surface area contributed by atoms with E-state index in [4.69, 9.17) is 5.73 Å². The molecule has 0 aliphatic rings. The van der Waals surface area contributed by atoms with Crippen molar-refractivity contribution in [3.05, 3.63) is 35.4 Å². The lowest BCUT2D eigenvalue weighted by atomic mass is 9.97. The molecule has 0 spiro atoms. The fourth-order valence-electron chi connectivity index (χ4n) is 1.92. The van der Waals surface area contributed by atoms with Crippen LogP contribution in [-0.4, -0.2) is 18.0 Å². The number of carbonyl (C=O) groups excluding carboxylic acids is 1. The highest BCUT2D eigenvalue weighted by Crippen LogP contribution is 2.11. The second kappa shape index (κ2) is 6.55. The molecule has 1 aromatic rings. The summed E-state index contributed by atoms with van der Waals surface area (Å²) in [6, 6.07) is 8.40. The molecule has 3 heteroatoms. The standard InChI is InChI=1S/C15H24N2O/c1-4-15(3,14(16)18)17-11-7-10-13-9-6-5-8-12(13)2/h5-6,8-9,17H,4,7,10-11H2,1-3H3,(H2,16,18)/t15-/m0/s1. The van der Waals surface area contributed by atoms with Gasteiger partial charge in [-0.1, -0.05) is 31.2 Å². The van der Waals surface area contributed by atoms with Gasteiger partial charge in [0.1, 0.15) is 0 Å². The monoisotopic (exact) mass is 248 g/mol. The van der Waals surface area contributed by atoms with Crippen LogP contribution in [0, 0.1) is 6.92 Å². The first kappa shape index (κ1) is 14.7. The molecule has 18 heavy (non-hydrogen) atoms. The molecule has 1 aromatic carbocycles. The molecule has 0 unspecified atom stereocenters. The van der Waals surface area contributed by atoms with E-state index in [9.17, 15) is 4.79 Å². The molecule has 1 rings (SSSR count). The number of primary amides is 1. The van der Waals surface area contributed by atoms with Gasteiger partial charge in [0.05, 0.1) is 5.54 Å². The number of amides is 1. The largest absolute Gasteiger partial charge is 0.368 e. The molecule has 1 atom stereocenters. The van der Waals surface area contributed by atoms with Crippen molar-refractivity contribution in [3.63, 3.8) is 0 Å². The zero-order valence-electron chi connectivity index (χ0n) is 11.6. The van der Waals surface area contributed by atoms with Crippen molar-refractivity contribution in [2.24, 2.45) is 5.73 Å². The third-order valence-electron chi connectivity index (χ3n) is 3.65. The second-order valence-corrected chi connectivity index (χ2v) is 5.01. The minimum atomic E-state index is -0.578. The van der Waals surface area contributed by atoms with Crippen molar-refractivity contribution in [1.29, 1.82) is 0 Å². The average molecular weight is 248 g/mol. The summed E-state index contributed by atoms with van der Waals surface area (Å²) in [5, 5.41) is 3.26. The molecule has 3 nitrogen and oxygen atoms in total. The molecule has 0 saturated heterocycles. The molecule has 0 aliphatic heterocycles. The zero-order chi connectivity index (χ0) is 13.6. The van der Waals surface area contributed by atoms with Gasteiger partial charge in [0, 0.05) is 0 Å². The molecular formula is C15H24N2O. The minimum Gasteiger partial charge on any atom is -0.368 e. The van der Waals surface area contributed by atoms with Crippen LogP contribution in [-0.2, 0) is 11.2 Å². The van der Waals surface area contributed by atoms with Crippen LogP contribution in [0.4, 0.5) is 0 Å². The lowest BCUT2D eigenvalue weighted by Crippen LogP contribution is -2.52. The molecule has 0 aliphatic carbocycles. The van der Waals surface area contributed by atoms with Crippen LogP contribution in [0.2, 0.25) is 0 Å². The molecule has 0 bridgehead atoms. The summed E-state index contributed by atoms with van der Waals surface area (Å²) in [7, 11) is 0. The van der Waals surface area contributed by atoms with E-state index in [-0.39, 0.29) is 5.91 Å². The first-order chi connectivity index (χ1) is 8.49. The number of rotatable bonds is 7. The minimum absolute atomic E-state index is 0.277. The van der Waals surface area contributed by atoms with E-state index in [1.54, 1.807) is 0 Å². The normalized spacial score (nSPS) is 14.2. The smallest absolute Gasteiger partial charge is 0.237 e. The highest BCUT2D eigenvalue weighted by molar-refractivity contribution is 5.84. The summed E-state index contributed by atoms with van der Waals surface area (Å²) in [6.45, 7) is 6.77. The molecule has 0 heterocycles. The molecule has 0 aromatic heterocycles. The zero-order valence-corrected chi connectivity index (χ0v) is 11.6. The van der Waals surface area contributed by atoms with Crippen molar-refractivity contribution >= 4 is 5.91 Å². The fourth-order valence-corrected chi connectivity index (χ4v) is 1.92. The van der Waals surface area contributed by atoms with E-state index < -0.39 is 5.54 Å². The number of benzene rings is 1. The van der Waals surface area contributed by atoms with E-state index in [0.717, 1.165) is 19.4 Å². The quantitative estimate of drug-likeness (QED) is 0.727. The third kappa shape index (κ3) is 3.84. The molecule has 0 radical (unpaired) electrons. The first-order valence-corrected chi connectivity index (χ1v) is 6.59. The van der Waals surface area contributed by atoms with Crippen LogP contribution in [0.25, 0.3) is 0 Å². The average Bonchev–Trinajstić information content (AvgIpc) is 2.36. The van der Waals surface area contributed by atoms with E-state index in [0.29, 0.717) is 6.42 Å². The van der Waals surface area contributed by atoms with Crippen molar-refractivity contribution in [3.8, 4) is 0 Å². The predicted octanol–water partition coefficient (Wildman–Crippen LogP) is 2.17. The molecule has 3 N–H and O–H groups in total. The van der Waals surface area contributed by atoms with Crippen LogP contribution in [0.1, 0.15) is 37.8 Å². The molecule has 0 fully saturated rings. The highest BCUT2D eigenvalue weighted by atomic mass is 16.1. The number of aryl methyl sites for hydroxylation is 2. The van der Waals surface area contributed by atoms with E-state index in [1.165, 1.54) is 11.1 Å². The van der Waals surface area contributed by atoms with Crippen molar-refractivity contribution < 1.29 is 4.79 Å². The molecular weight excluding hydrogens is 224 g/mol. The first-order valence-electron chi connectivity index (χ1n) is 6.59. The maximum atomic E-state index is 11.3. The SMILES string of the molecule is CC[C@](C)(NCCCc1ccccc1C)C(N)=O. The highest BCUT2D eigenvalue weighted by Gasteiger charge is 2.27. The Bertz CT molecular complexity index is 403. The van der Waals surface area contributed by atoms with Gasteiger partial charge >= 0.3 is 0 Å². The van der Waals surface area contributed by atoms with Crippen LogP contribution in [0.5, 0.6) is 0 Å². The Morgan fingerprint density at radius 1 is 1.39 bits per heavy atom. The van der Waals surface area contributed by atoms with Crippen molar-refractivity contribution in [1.82, 2.24) is 5.32 Å². The van der Waals surface area contributed by atoms with Crippen LogP contribution in [0.3, 0.4) is 0 Å². The number of hydrogen-bond acceptors (Lipinski definition) is 2. The summed E-state index contributed by atoms with van der Waals surface area (Å²) in [6.07, 6.45) is 2.75. The Balaban J connectivity index is 2.39. The van der Waals surface area contributed by atoms with Gasteiger partial charge in [-0.3, -0.25) is 4.79 Å². The lowest BCUT2D eigenvalue weighted by molar-refractivity contribution is -0.123. The van der Waals surface area contributed by atoms with Crippen LogP contribution < -0.4 is 11.1 Å². The Hall–Kier alpha value is -1.35. The number of nitrogens with one attached hydrogen (secondary N) is 1. The molecule has 0 saturated carbocycles. The van der Waals surface area contributed by atoms with Gasteiger partial charge in [-0.25, -0.2) is 0 Å². The van der Waals surface area contributed by atoms with Crippen LogP contribution in [0.15, 0.2) is 24.3 Å².